The van der Waals surface area contributed by atoms with Crippen molar-refractivity contribution in [1.29, 1.82) is 10.5 Å². The van der Waals surface area contributed by atoms with Crippen molar-refractivity contribution in [2.24, 2.45) is 5.41 Å². The van der Waals surface area contributed by atoms with Gasteiger partial charge in [-0.15, -0.1) is 0 Å². The van der Waals surface area contributed by atoms with Crippen molar-refractivity contribution in [2.75, 3.05) is 6.26 Å². The summed E-state index contributed by atoms with van der Waals surface area (Å²) in [6, 6.07) is 15.6. The Labute approximate surface area is 173 Å². The number of fused-ring (bicyclic) bond motifs is 1. The molecule has 2 aromatic carbocycles. The Morgan fingerprint density at radius 2 is 1.57 bits per heavy atom. The van der Waals surface area contributed by atoms with E-state index in [2.05, 4.69) is 12.1 Å². The third-order valence-corrected chi connectivity index (χ3v) is 7.10. The predicted molar refractivity (Wildman–Crippen MR) is 111 cm³/mol. The third-order valence-electron chi connectivity index (χ3n) is 5.97. The van der Waals surface area contributed by atoms with Gasteiger partial charge in [0, 0.05) is 29.5 Å². The summed E-state index contributed by atoms with van der Waals surface area (Å²) in [7, 11) is -3.36. The molecular formula is C23H18N2O4S. The van der Waals surface area contributed by atoms with Crippen LogP contribution in [0.25, 0.3) is 11.0 Å². The van der Waals surface area contributed by atoms with E-state index in [9.17, 15) is 23.7 Å². The Morgan fingerprint density at radius 1 is 0.967 bits per heavy atom. The Balaban J connectivity index is 1.91. The number of aryl methyl sites for hydroxylation is 2. The van der Waals surface area contributed by atoms with E-state index in [0.717, 1.165) is 17.4 Å². The zero-order valence-corrected chi connectivity index (χ0v) is 17.4. The lowest BCUT2D eigenvalue weighted by Crippen LogP contribution is -2.03. The van der Waals surface area contributed by atoms with Gasteiger partial charge in [0.25, 0.3) is 0 Å². The molecule has 1 aliphatic carbocycles. The molecule has 30 heavy (non-hydrogen) atoms. The van der Waals surface area contributed by atoms with E-state index in [0.29, 0.717) is 22.1 Å². The number of benzene rings is 2. The molecule has 0 N–H and O–H groups in total. The van der Waals surface area contributed by atoms with Crippen LogP contribution in [0.1, 0.15) is 34.1 Å². The number of nitriles is 2. The van der Waals surface area contributed by atoms with Gasteiger partial charge in [0.15, 0.2) is 15.3 Å². The molecule has 1 heterocycles. The summed E-state index contributed by atoms with van der Waals surface area (Å²) >= 11 is 0. The van der Waals surface area contributed by atoms with Crippen molar-refractivity contribution >= 4 is 20.8 Å². The molecule has 4 rings (SSSR count). The van der Waals surface area contributed by atoms with E-state index >= 15 is 0 Å². The van der Waals surface area contributed by atoms with Crippen molar-refractivity contribution in [2.45, 2.75) is 30.6 Å². The van der Waals surface area contributed by atoms with E-state index < -0.39 is 32.7 Å². The first kappa shape index (κ1) is 19.9. The molecule has 1 fully saturated rings. The highest BCUT2D eigenvalue weighted by Gasteiger charge is 2.68. The number of nitrogens with zero attached hydrogens (tertiary/aromatic N) is 2. The van der Waals surface area contributed by atoms with E-state index in [1.165, 1.54) is 18.2 Å². The molecule has 0 aliphatic heterocycles. The smallest absolute Gasteiger partial charge is 0.336 e. The lowest BCUT2D eigenvalue weighted by molar-refractivity contribution is 0.558. The minimum atomic E-state index is -3.36. The molecule has 7 heteroatoms. The van der Waals surface area contributed by atoms with Gasteiger partial charge in [-0.2, -0.15) is 10.5 Å². The molecule has 1 aliphatic rings. The van der Waals surface area contributed by atoms with Crippen molar-refractivity contribution in [3.05, 3.63) is 75.1 Å². The fourth-order valence-electron chi connectivity index (χ4n) is 4.19. The van der Waals surface area contributed by atoms with Gasteiger partial charge in [0.05, 0.1) is 17.0 Å². The molecule has 0 bridgehead atoms. The van der Waals surface area contributed by atoms with Gasteiger partial charge in [-0.05, 0) is 60.4 Å². The molecule has 2 unspecified atom stereocenters. The third kappa shape index (κ3) is 2.91. The molecule has 2 atom stereocenters. The van der Waals surface area contributed by atoms with Gasteiger partial charge in [0.2, 0.25) is 0 Å². The van der Waals surface area contributed by atoms with Crippen LogP contribution in [-0.2, 0) is 9.84 Å². The summed E-state index contributed by atoms with van der Waals surface area (Å²) in [6.07, 6.45) is 1.12. The Bertz CT molecular complexity index is 1420. The van der Waals surface area contributed by atoms with Gasteiger partial charge in [-0.1, -0.05) is 12.1 Å². The van der Waals surface area contributed by atoms with Crippen molar-refractivity contribution < 1.29 is 12.8 Å². The van der Waals surface area contributed by atoms with Gasteiger partial charge in [-0.3, -0.25) is 0 Å². The standard InChI is InChI=1S/C23H18N2O4S/c1-13-8-17-18(10-20(26)29-19(17)9-14(13)2)22-21(23(22,11-24)12-25)15-4-6-16(7-5-15)30(3,27)28/h4-10,21-22H,1-3H3. The van der Waals surface area contributed by atoms with Crippen LogP contribution < -0.4 is 5.63 Å². The van der Waals surface area contributed by atoms with Crippen molar-refractivity contribution in [1.82, 2.24) is 0 Å². The van der Waals surface area contributed by atoms with Crippen molar-refractivity contribution in [3.8, 4) is 12.1 Å². The van der Waals surface area contributed by atoms with Crippen LogP contribution in [0.4, 0.5) is 0 Å². The molecule has 3 aromatic rings. The second-order valence-corrected chi connectivity index (χ2v) is 9.86. The fraction of sp³-hybridized carbons (Fsp3) is 0.261. The van der Waals surface area contributed by atoms with Crippen LogP contribution >= 0.6 is 0 Å². The van der Waals surface area contributed by atoms with Crippen LogP contribution in [0.3, 0.4) is 0 Å². The maximum atomic E-state index is 12.2. The molecule has 150 valence electrons. The van der Waals surface area contributed by atoms with Gasteiger partial charge in [-0.25, -0.2) is 13.2 Å². The van der Waals surface area contributed by atoms with E-state index in [4.69, 9.17) is 4.42 Å². The fourth-order valence-corrected chi connectivity index (χ4v) is 4.82. The average molecular weight is 418 g/mol. The minimum Gasteiger partial charge on any atom is -0.423 e. The first-order chi connectivity index (χ1) is 14.1. The molecule has 6 nitrogen and oxygen atoms in total. The number of sulfone groups is 1. The van der Waals surface area contributed by atoms with E-state index in [-0.39, 0.29) is 4.90 Å². The summed E-state index contributed by atoms with van der Waals surface area (Å²) < 4.78 is 28.9. The number of rotatable bonds is 3. The average Bonchev–Trinajstić information content (AvgIpc) is 3.37. The van der Waals surface area contributed by atoms with Gasteiger partial charge < -0.3 is 4.42 Å². The zero-order valence-electron chi connectivity index (χ0n) is 16.6. The second-order valence-electron chi connectivity index (χ2n) is 7.84. The monoisotopic (exact) mass is 418 g/mol. The first-order valence-corrected chi connectivity index (χ1v) is 11.2. The molecule has 0 spiro atoms. The minimum absolute atomic E-state index is 0.167. The summed E-state index contributed by atoms with van der Waals surface area (Å²) in [5, 5.41) is 20.4. The molecule has 0 radical (unpaired) electrons. The lowest BCUT2D eigenvalue weighted by atomic mass is 9.97. The maximum Gasteiger partial charge on any atom is 0.336 e. The van der Waals surface area contributed by atoms with Crippen LogP contribution in [0.5, 0.6) is 0 Å². The molecule has 1 aromatic heterocycles. The van der Waals surface area contributed by atoms with Crippen LogP contribution in [0.15, 0.2) is 56.6 Å². The number of hydrogen-bond donors (Lipinski definition) is 0. The lowest BCUT2D eigenvalue weighted by Gasteiger charge is -2.08. The van der Waals surface area contributed by atoms with E-state index in [1.54, 1.807) is 18.2 Å². The van der Waals surface area contributed by atoms with E-state index in [1.807, 2.05) is 19.9 Å². The summed E-state index contributed by atoms with van der Waals surface area (Å²) in [5.41, 5.74) is 1.80. The largest absolute Gasteiger partial charge is 0.423 e. The van der Waals surface area contributed by atoms with Crippen molar-refractivity contribution in [3.63, 3.8) is 0 Å². The highest BCUT2D eigenvalue weighted by Crippen LogP contribution is 2.70. The molecule has 1 saturated carbocycles. The topological polar surface area (TPSA) is 112 Å². The Kier molecular flexibility index (Phi) is 4.34. The summed E-state index contributed by atoms with van der Waals surface area (Å²) in [5.74, 6) is -1.00. The SMILES string of the molecule is Cc1cc2oc(=O)cc(C3C(c4ccc(S(C)(=O)=O)cc4)C3(C#N)C#N)c2cc1C. The van der Waals surface area contributed by atoms with Gasteiger partial charge in [0.1, 0.15) is 5.58 Å². The Hall–Kier alpha value is -3.42. The highest BCUT2D eigenvalue weighted by molar-refractivity contribution is 7.90. The second kappa shape index (κ2) is 6.55. The maximum absolute atomic E-state index is 12.2. The Morgan fingerprint density at radius 3 is 2.13 bits per heavy atom. The summed E-state index contributed by atoms with van der Waals surface area (Å²) in [4.78, 5) is 12.4. The van der Waals surface area contributed by atoms with Crippen LogP contribution in [0.2, 0.25) is 0 Å². The molecule has 0 amide bonds. The highest BCUT2D eigenvalue weighted by atomic mass is 32.2. The molecular weight excluding hydrogens is 400 g/mol. The first-order valence-electron chi connectivity index (χ1n) is 9.30. The number of hydrogen-bond acceptors (Lipinski definition) is 6. The normalized spacial score (nSPS) is 19.8. The van der Waals surface area contributed by atoms with Crippen LogP contribution in [-0.4, -0.2) is 14.7 Å². The molecule has 0 saturated heterocycles. The van der Waals surface area contributed by atoms with Crippen LogP contribution in [0, 0.1) is 41.9 Å². The predicted octanol–water partition coefficient (Wildman–Crippen LogP) is 3.73. The van der Waals surface area contributed by atoms with Gasteiger partial charge >= 0.3 is 5.63 Å². The summed E-state index contributed by atoms with van der Waals surface area (Å²) in [6.45, 7) is 3.86. The quantitative estimate of drug-likeness (QED) is 0.599. The zero-order chi connectivity index (χ0) is 21.8.